The van der Waals surface area contributed by atoms with Crippen molar-refractivity contribution >= 4 is 29.2 Å². The van der Waals surface area contributed by atoms with Crippen molar-refractivity contribution < 1.29 is 19.1 Å². The average Bonchev–Trinajstić information content (AvgIpc) is 2.90. The lowest BCUT2D eigenvalue weighted by Crippen LogP contribution is -2.44. The van der Waals surface area contributed by atoms with Crippen molar-refractivity contribution in [3.05, 3.63) is 29.8 Å². The van der Waals surface area contributed by atoms with Crippen LogP contribution in [0.1, 0.15) is 32.3 Å². The molecule has 3 rings (SSSR count). The molecule has 7 nitrogen and oxygen atoms in total. The molecule has 2 aliphatic heterocycles. The van der Waals surface area contributed by atoms with Crippen LogP contribution in [0.3, 0.4) is 0 Å². The van der Waals surface area contributed by atoms with Crippen molar-refractivity contribution in [3.63, 3.8) is 0 Å². The zero-order valence-electron chi connectivity index (χ0n) is 13.6. The van der Waals surface area contributed by atoms with Gasteiger partial charge in [-0.1, -0.05) is 18.2 Å². The van der Waals surface area contributed by atoms with Crippen LogP contribution < -0.4 is 10.3 Å². The van der Waals surface area contributed by atoms with Crippen molar-refractivity contribution in [2.45, 2.75) is 45.3 Å². The molecule has 2 aliphatic rings. The van der Waals surface area contributed by atoms with E-state index < -0.39 is 12.1 Å². The number of esters is 1. The van der Waals surface area contributed by atoms with Crippen LogP contribution in [-0.4, -0.2) is 35.6 Å². The summed E-state index contributed by atoms with van der Waals surface area (Å²) in [4.78, 5) is 37.6. The minimum Gasteiger partial charge on any atom is -0.448 e. The van der Waals surface area contributed by atoms with Gasteiger partial charge in [-0.25, -0.2) is 10.2 Å². The third kappa shape index (κ3) is 3.02. The van der Waals surface area contributed by atoms with Gasteiger partial charge in [-0.3, -0.25) is 9.59 Å². The smallest absolute Gasteiger partial charge is 0.355 e. The molecular weight excluding hydrogens is 310 g/mol. The summed E-state index contributed by atoms with van der Waals surface area (Å²) in [6, 6.07) is 7.73. The Morgan fingerprint density at radius 1 is 1.33 bits per heavy atom. The van der Waals surface area contributed by atoms with Crippen molar-refractivity contribution in [1.82, 2.24) is 5.43 Å². The second-order valence-electron chi connectivity index (χ2n) is 6.03. The van der Waals surface area contributed by atoms with Crippen LogP contribution >= 0.6 is 0 Å². The van der Waals surface area contributed by atoms with Crippen LogP contribution in [0.15, 0.2) is 29.4 Å². The summed E-state index contributed by atoms with van der Waals surface area (Å²) >= 11 is 0. The lowest BCUT2D eigenvalue weighted by Gasteiger charge is -2.26. The minimum absolute atomic E-state index is 0.0161. The van der Waals surface area contributed by atoms with Gasteiger partial charge in [-0.05, 0) is 31.9 Å². The molecule has 1 aromatic rings. The van der Waals surface area contributed by atoms with E-state index in [-0.39, 0.29) is 36.4 Å². The Bertz CT molecular complexity index is 728. The Labute approximate surface area is 139 Å². The fraction of sp³-hybridized carbons (Fsp3) is 0.412. The molecule has 0 radical (unpaired) electrons. The number of carbonyl (C=O) groups excluding carboxylic acids is 3. The van der Waals surface area contributed by atoms with Crippen LogP contribution in [0.2, 0.25) is 0 Å². The first-order valence-corrected chi connectivity index (χ1v) is 7.94. The number of carbonyl (C=O) groups is 3. The van der Waals surface area contributed by atoms with Gasteiger partial charge in [0.25, 0.3) is 5.91 Å². The Kier molecular flexibility index (Phi) is 4.33. The van der Waals surface area contributed by atoms with Gasteiger partial charge in [0.15, 0.2) is 6.10 Å². The number of hydrogen-bond acceptors (Lipinski definition) is 5. The summed E-state index contributed by atoms with van der Waals surface area (Å²) < 4.78 is 5.25. The lowest BCUT2D eigenvalue weighted by atomic mass is 10.1. The first kappa shape index (κ1) is 16.2. The Hall–Kier alpha value is -2.70. The third-order valence-electron chi connectivity index (χ3n) is 4.22. The zero-order valence-corrected chi connectivity index (χ0v) is 13.6. The van der Waals surface area contributed by atoms with Gasteiger partial charge < -0.3 is 9.64 Å². The van der Waals surface area contributed by atoms with Gasteiger partial charge >= 0.3 is 5.97 Å². The zero-order chi connectivity index (χ0) is 17.3. The monoisotopic (exact) mass is 329 g/mol. The maximum atomic E-state index is 12.7. The van der Waals surface area contributed by atoms with Crippen molar-refractivity contribution in [2.75, 3.05) is 4.90 Å². The second-order valence-corrected chi connectivity index (χ2v) is 6.03. The molecule has 0 bridgehead atoms. The molecule has 7 heteroatoms. The number of nitrogens with one attached hydrogen (secondary N) is 1. The highest BCUT2D eigenvalue weighted by Crippen LogP contribution is 2.32. The summed E-state index contributed by atoms with van der Waals surface area (Å²) in [5.74, 6) is -1.17. The van der Waals surface area contributed by atoms with Crippen LogP contribution in [0.4, 0.5) is 5.69 Å². The molecule has 24 heavy (non-hydrogen) atoms. The number of amides is 2. The standard InChI is InChI=1S/C17H19N3O4/c1-10-9-12-5-3-4-6-14(12)20(10)16(22)11(2)24-17(23)13-7-8-15(21)19-18-13/h3-6,10-11H,7-9H2,1-2H3,(H,19,21)/t10-,11-/m1/s1. The van der Waals surface area contributed by atoms with E-state index in [0.29, 0.717) is 0 Å². The fourth-order valence-corrected chi connectivity index (χ4v) is 3.00. The molecule has 0 aliphatic carbocycles. The average molecular weight is 329 g/mol. The predicted molar refractivity (Wildman–Crippen MR) is 87.5 cm³/mol. The lowest BCUT2D eigenvalue weighted by molar-refractivity contribution is -0.147. The highest BCUT2D eigenvalue weighted by atomic mass is 16.5. The maximum Gasteiger partial charge on any atom is 0.355 e. The van der Waals surface area contributed by atoms with Crippen LogP contribution in [0.5, 0.6) is 0 Å². The summed E-state index contributed by atoms with van der Waals surface area (Å²) in [7, 11) is 0. The summed E-state index contributed by atoms with van der Waals surface area (Å²) in [5, 5.41) is 3.69. The van der Waals surface area contributed by atoms with Crippen LogP contribution in [0, 0.1) is 0 Å². The highest BCUT2D eigenvalue weighted by molar-refractivity contribution is 6.37. The Morgan fingerprint density at radius 3 is 2.79 bits per heavy atom. The third-order valence-corrected chi connectivity index (χ3v) is 4.22. The molecule has 1 N–H and O–H groups in total. The van der Waals surface area contributed by atoms with Gasteiger partial charge in [-0.15, -0.1) is 0 Å². The van der Waals surface area contributed by atoms with Crippen LogP contribution in [-0.2, 0) is 25.5 Å². The predicted octanol–water partition coefficient (Wildman–Crippen LogP) is 1.16. The molecule has 2 atom stereocenters. The summed E-state index contributed by atoms with van der Waals surface area (Å²) in [6.07, 6.45) is 0.259. The SMILES string of the molecule is C[C@@H]1Cc2ccccc2N1C(=O)[C@@H](C)OC(=O)C1=NNC(=O)CC1. The molecule has 2 heterocycles. The molecule has 0 saturated carbocycles. The fourth-order valence-electron chi connectivity index (χ4n) is 3.00. The largest absolute Gasteiger partial charge is 0.448 e. The number of para-hydroxylation sites is 1. The molecular formula is C17H19N3O4. The Morgan fingerprint density at radius 2 is 2.08 bits per heavy atom. The number of benzene rings is 1. The van der Waals surface area contributed by atoms with Gasteiger partial charge in [0, 0.05) is 24.6 Å². The Balaban J connectivity index is 1.69. The number of hydrazone groups is 1. The second kappa shape index (κ2) is 6.43. The van der Waals surface area contributed by atoms with E-state index in [2.05, 4.69) is 10.5 Å². The van der Waals surface area contributed by atoms with Gasteiger partial charge in [0.05, 0.1) is 0 Å². The molecule has 0 unspecified atom stereocenters. The van der Waals surface area contributed by atoms with Gasteiger partial charge in [0.1, 0.15) is 5.71 Å². The van der Waals surface area contributed by atoms with E-state index in [0.717, 1.165) is 17.7 Å². The number of anilines is 1. The van der Waals surface area contributed by atoms with Gasteiger partial charge in [0.2, 0.25) is 5.91 Å². The van der Waals surface area contributed by atoms with Gasteiger partial charge in [-0.2, -0.15) is 5.10 Å². The summed E-state index contributed by atoms with van der Waals surface area (Å²) in [5.41, 5.74) is 4.34. The van der Waals surface area contributed by atoms with E-state index in [1.54, 1.807) is 11.8 Å². The van der Waals surface area contributed by atoms with Crippen molar-refractivity contribution in [2.24, 2.45) is 5.10 Å². The maximum absolute atomic E-state index is 12.7. The highest BCUT2D eigenvalue weighted by Gasteiger charge is 2.35. The first-order valence-electron chi connectivity index (χ1n) is 7.94. The van der Waals surface area contributed by atoms with E-state index in [9.17, 15) is 14.4 Å². The van der Waals surface area contributed by atoms with Crippen molar-refractivity contribution in [1.29, 1.82) is 0 Å². The number of rotatable bonds is 3. The molecule has 0 fully saturated rings. The topological polar surface area (TPSA) is 88.1 Å². The molecule has 0 saturated heterocycles. The normalized spacial score (nSPS) is 20.8. The van der Waals surface area contributed by atoms with E-state index in [1.807, 2.05) is 31.2 Å². The quantitative estimate of drug-likeness (QED) is 0.843. The van der Waals surface area contributed by atoms with E-state index >= 15 is 0 Å². The van der Waals surface area contributed by atoms with Crippen LogP contribution in [0.25, 0.3) is 0 Å². The molecule has 2 amide bonds. The molecule has 0 spiro atoms. The van der Waals surface area contributed by atoms with E-state index in [1.165, 1.54) is 0 Å². The summed E-state index contributed by atoms with van der Waals surface area (Å²) in [6.45, 7) is 3.52. The van der Waals surface area contributed by atoms with E-state index in [4.69, 9.17) is 4.74 Å². The number of ether oxygens (including phenoxy) is 1. The minimum atomic E-state index is -0.925. The number of fused-ring (bicyclic) bond motifs is 1. The first-order chi connectivity index (χ1) is 11.5. The molecule has 126 valence electrons. The van der Waals surface area contributed by atoms with Crippen molar-refractivity contribution in [3.8, 4) is 0 Å². The molecule has 1 aromatic carbocycles. The number of hydrogen-bond donors (Lipinski definition) is 1. The molecule has 0 aromatic heterocycles. The number of nitrogens with zero attached hydrogens (tertiary/aromatic N) is 2.